The van der Waals surface area contributed by atoms with E-state index in [0.29, 0.717) is 44.9 Å². The molecule has 0 spiro atoms. The highest BCUT2D eigenvalue weighted by Gasteiger charge is 2.20. The lowest BCUT2D eigenvalue weighted by atomic mass is 9.94. The van der Waals surface area contributed by atoms with Crippen molar-refractivity contribution in [2.24, 2.45) is 0 Å². The van der Waals surface area contributed by atoms with Crippen molar-refractivity contribution in [2.45, 2.75) is 41.3 Å². The number of aromatic nitrogens is 2. The van der Waals surface area contributed by atoms with Crippen molar-refractivity contribution >= 4 is 21.9 Å². The topological polar surface area (TPSA) is 48.2 Å². The molecule has 5 aromatic carbocycles. The predicted octanol–water partition coefficient (Wildman–Crippen LogP) is 12.7. The van der Waals surface area contributed by atoms with Gasteiger partial charge in [-0.05, 0) is 134 Å². The van der Waals surface area contributed by atoms with Crippen LogP contribution in [0.1, 0.15) is 45.7 Å². The molecule has 244 valence electrons. The number of rotatable bonds is 6. The summed E-state index contributed by atoms with van der Waals surface area (Å²) in [7, 11) is 0. The fourth-order valence-corrected chi connectivity index (χ4v) is 6.56. The molecule has 0 aliphatic heterocycles. The Balaban J connectivity index is 1.37. The van der Waals surface area contributed by atoms with Crippen molar-refractivity contribution in [1.82, 2.24) is 9.97 Å². The Morgan fingerprint density at radius 3 is 2.18 bits per heavy atom. The summed E-state index contributed by atoms with van der Waals surface area (Å²) in [5.74, 6) is 0.273. The first-order chi connectivity index (χ1) is 27.9. The summed E-state index contributed by atoms with van der Waals surface area (Å²) in [6.07, 6.45) is 2.88. The van der Waals surface area contributed by atoms with Crippen LogP contribution in [0, 0.1) is 41.3 Å². The summed E-state index contributed by atoms with van der Waals surface area (Å²) in [6, 6.07) is 32.8. The zero-order valence-electron chi connectivity index (χ0n) is 36.8. The van der Waals surface area contributed by atoms with Crippen LogP contribution < -0.4 is 4.74 Å². The molecule has 3 heterocycles. The predicted molar refractivity (Wildman–Crippen MR) is 206 cm³/mol. The van der Waals surface area contributed by atoms with Crippen molar-refractivity contribution in [2.75, 3.05) is 0 Å². The molecule has 0 aliphatic rings. The van der Waals surface area contributed by atoms with E-state index in [1.54, 1.807) is 42.5 Å². The quantitative estimate of drug-likeness (QED) is 0.178. The maximum Gasteiger partial charge on any atom is 0.145 e. The molecule has 0 amide bonds. The minimum Gasteiger partial charge on any atom is -0.457 e. The number of hydrogen-bond acceptors (Lipinski definition) is 4. The summed E-state index contributed by atoms with van der Waals surface area (Å²) in [5.41, 5.74) is 8.29. The maximum atomic E-state index is 8.78. The van der Waals surface area contributed by atoms with Gasteiger partial charge in [0, 0.05) is 46.6 Å². The second kappa shape index (κ2) is 12.5. The molecule has 0 bridgehead atoms. The average molecular weight is 660 g/mol. The molecule has 8 rings (SSSR count). The van der Waals surface area contributed by atoms with Crippen LogP contribution in [0.15, 0.2) is 126 Å². The second-order valence-electron chi connectivity index (χ2n) is 12.6. The van der Waals surface area contributed by atoms with Crippen LogP contribution in [0.5, 0.6) is 11.5 Å². The van der Waals surface area contributed by atoms with Crippen LogP contribution in [0.4, 0.5) is 0 Å². The van der Waals surface area contributed by atoms with Crippen LogP contribution in [0.3, 0.4) is 0 Å². The number of furan rings is 1. The highest BCUT2D eigenvalue weighted by molar-refractivity contribution is 6.10. The Morgan fingerprint density at radius 1 is 0.560 bits per heavy atom. The minimum absolute atomic E-state index is 0.0237. The number of hydrogen-bond donors (Lipinski definition) is 0. The van der Waals surface area contributed by atoms with Crippen molar-refractivity contribution in [3.63, 3.8) is 0 Å². The monoisotopic (exact) mass is 659 g/mol. The number of aryl methyl sites for hydroxylation is 5. The van der Waals surface area contributed by atoms with Crippen LogP contribution in [0.25, 0.3) is 66.7 Å². The first kappa shape index (κ1) is 22.6. The summed E-state index contributed by atoms with van der Waals surface area (Å²) in [4.78, 5) is 9.28. The lowest BCUT2D eigenvalue weighted by molar-refractivity contribution is 0.480. The van der Waals surface area contributed by atoms with Crippen molar-refractivity contribution < 1.29 is 21.5 Å². The lowest BCUT2D eigenvalue weighted by Gasteiger charge is -2.17. The normalized spacial score (nSPS) is 14.8. The van der Waals surface area contributed by atoms with Gasteiger partial charge in [0.15, 0.2) is 0 Å². The molecule has 0 aliphatic carbocycles. The van der Waals surface area contributed by atoms with Gasteiger partial charge in [0.25, 0.3) is 0 Å². The zero-order valence-corrected chi connectivity index (χ0v) is 27.8. The van der Waals surface area contributed by atoms with Gasteiger partial charge in [-0.2, -0.15) is 0 Å². The summed E-state index contributed by atoms with van der Waals surface area (Å²) < 4.78 is 88.0. The molecular formula is C46H38N2O2. The SMILES string of the molecule is [2H]C([2H])([2H])c1cnc(-c2cc(Oc3cc(-c4cc(-c5ccc(C)cc5C)c(C)cn4)c4oc5ccccc5c4c3)c(C([2H])([2H])[2H])c(-c3ccccc3)c2)cc1C([2H])([2H])[2H]. The van der Waals surface area contributed by atoms with E-state index in [1.807, 2.05) is 49.5 Å². The van der Waals surface area contributed by atoms with Crippen molar-refractivity contribution in [3.8, 4) is 56.3 Å². The summed E-state index contributed by atoms with van der Waals surface area (Å²) in [6.45, 7) is -2.04. The third kappa shape index (κ3) is 5.63. The molecule has 4 nitrogen and oxygen atoms in total. The third-order valence-corrected chi connectivity index (χ3v) is 9.12. The molecule has 8 aromatic rings. The first-order valence-electron chi connectivity index (χ1n) is 20.8. The minimum atomic E-state index is -2.77. The van der Waals surface area contributed by atoms with Gasteiger partial charge < -0.3 is 9.15 Å². The van der Waals surface area contributed by atoms with Gasteiger partial charge in [-0.15, -0.1) is 0 Å². The van der Waals surface area contributed by atoms with Crippen LogP contribution in [-0.4, -0.2) is 9.97 Å². The molecule has 0 N–H and O–H groups in total. The van der Waals surface area contributed by atoms with Gasteiger partial charge in [0.1, 0.15) is 22.7 Å². The molecule has 0 atom stereocenters. The number of ether oxygens (including phenoxy) is 1. The standard InChI is InChI=1S/C46H38N2O2/c1-27-16-17-36(29(3)18-27)38-24-43(48-26-31(38)5)41-23-35(22-40-37-14-10-11-15-44(37)50-46(40)41)49-45-21-34(42-19-28(2)30(4)25-47-42)20-39(32(45)6)33-12-8-7-9-13-33/h7-26H,1-6H3/i2D3,4D3,6D3. The second-order valence-corrected chi connectivity index (χ2v) is 12.6. The average Bonchev–Trinajstić information content (AvgIpc) is 3.55. The van der Waals surface area contributed by atoms with E-state index >= 15 is 0 Å². The van der Waals surface area contributed by atoms with Gasteiger partial charge in [0.05, 0.1) is 11.4 Å². The highest BCUT2D eigenvalue weighted by Crippen LogP contribution is 2.43. The molecule has 0 saturated carbocycles. The zero-order chi connectivity index (χ0) is 42.0. The van der Waals surface area contributed by atoms with E-state index in [4.69, 9.17) is 26.5 Å². The largest absolute Gasteiger partial charge is 0.457 e. The summed E-state index contributed by atoms with van der Waals surface area (Å²) in [5, 5.41) is 1.55. The number of pyridine rings is 2. The molecule has 50 heavy (non-hydrogen) atoms. The van der Waals surface area contributed by atoms with E-state index in [2.05, 4.69) is 37.0 Å². The van der Waals surface area contributed by atoms with Crippen molar-refractivity contribution in [1.29, 1.82) is 0 Å². The van der Waals surface area contributed by atoms with E-state index in [1.165, 1.54) is 12.1 Å². The fourth-order valence-electron chi connectivity index (χ4n) is 6.56. The Morgan fingerprint density at radius 2 is 1.36 bits per heavy atom. The van der Waals surface area contributed by atoms with Crippen LogP contribution in [-0.2, 0) is 0 Å². The molecule has 0 unspecified atom stereocenters. The molecule has 0 saturated heterocycles. The van der Waals surface area contributed by atoms with E-state index in [-0.39, 0.29) is 22.6 Å². The Labute approximate surface area is 305 Å². The number of benzene rings is 5. The molecule has 0 fully saturated rings. The van der Waals surface area contributed by atoms with Gasteiger partial charge >= 0.3 is 0 Å². The van der Waals surface area contributed by atoms with E-state index < -0.39 is 26.1 Å². The molecule has 4 heteroatoms. The fraction of sp³-hybridized carbons (Fsp3) is 0.130. The Bertz CT molecular complexity index is 2910. The third-order valence-electron chi connectivity index (χ3n) is 9.12. The van der Waals surface area contributed by atoms with E-state index in [9.17, 15) is 0 Å². The Kier molecular flexibility index (Phi) is 5.64. The number of fused-ring (bicyclic) bond motifs is 3. The molecule has 3 aromatic heterocycles. The van der Waals surface area contributed by atoms with Gasteiger partial charge in [-0.25, -0.2) is 0 Å². The maximum absolute atomic E-state index is 8.78. The molecule has 0 radical (unpaired) electrons. The van der Waals surface area contributed by atoms with E-state index in [0.717, 1.165) is 44.8 Å². The van der Waals surface area contributed by atoms with Crippen molar-refractivity contribution in [3.05, 3.63) is 155 Å². The first-order valence-corrected chi connectivity index (χ1v) is 16.3. The van der Waals surface area contributed by atoms with Crippen LogP contribution >= 0.6 is 0 Å². The number of para-hydroxylation sites is 1. The van der Waals surface area contributed by atoms with Gasteiger partial charge in [0.2, 0.25) is 0 Å². The molecular weight excluding hydrogens is 613 g/mol. The Hall–Kier alpha value is -6.00. The number of nitrogens with zero attached hydrogens (tertiary/aromatic N) is 2. The van der Waals surface area contributed by atoms with Crippen LogP contribution in [0.2, 0.25) is 0 Å². The summed E-state index contributed by atoms with van der Waals surface area (Å²) >= 11 is 0. The van der Waals surface area contributed by atoms with Gasteiger partial charge in [-0.3, -0.25) is 9.97 Å². The smallest absolute Gasteiger partial charge is 0.145 e. The van der Waals surface area contributed by atoms with Gasteiger partial charge in [-0.1, -0.05) is 72.3 Å². The highest BCUT2D eigenvalue weighted by atomic mass is 16.5. The lowest BCUT2D eigenvalue weighted by Crippen LogP contribution is -1.96.